The molecule has 2 aromatic rings. The normalized spacial score (nSPS) is 20.7. The minimum atomic E-state index is -0.918. The third kappa shape index (κ3) is 5.60. The standard InChI is InChI=1S/C25H29FN4O5/c1-15(31)23(27)22-14-30(25(34)35-22)19-6-7-20(21(26)10-19)18-4-2-16(3-5-18)11-28-12-17-8-9-29(13-17)24(32)33/h2-7,10,17,22-23,28H,8-9,11-14,27H2,1H3,(H,32,33)/t17?,22?,23-/m1/s1. The number of nitrogens with zero attached hydrogens (tertiary/aromatic N) is 2. The fourth-order valence-corrected chi connectivity index (χ4v) is 4.45. The van der Waals surface area contributed by atoms with Crippen molar-refractivity contribution in [3.05, 3.63) is 53.8 Å². The molecule has 2 fully saturated rings. The molecule has 0 radical (unpaired) electrons. The number of hydrogen-bond acceptors (Lipinski definition) is 6. The second kappa shape index (κ2) is 10.4. The highest BCUT2D eigenvalue weighted by Gasteiger charge is 2.38. The third-order valence-electron chi connectivity index (χ3n) is 6.55. The van der Waals surface area contributed by atoms with Crippen molar-refractivity contribution in [1.29, 1.82) is 0 Å². The van der Waals surface area contributed by atoms with Gasteiger partial charge in [-0.15, -0.1) is 0 Å². The van der Waals surface area contributed by atoms with Gasteiger partial charge in [0.2, 0.25) is 0 Å². The Morgan fingerprint density at radius 1 is 1.23 bits per heavy atom. The zero-order valence-electron chi connectivity index (χ0n) is 19.4. The van der Waals surface area contributed by atoms with E-state index in [1.807, 2.05) is 24.3 Å². The third-order valence-corrected chi connectivity index (χ3v) is 6.55. The lowest BCUT2D eigenvalue weighted by atomic mass is 10.0. The minimum Gasteiger partial charge on any atom is -0.465 e. The summed E-state index contributed by atoms with van der Waals surface area (Å²) in [4.78, 5) is 37.4. The van der Waals surface area contributed by atoms with Gasteiger partial charge in [-0.25, -0.2) is 14.0 Å². The van der Waals surface area contributed by atoms with Crippen LogP contribution in [0, 0.1) is 11.7 Å². The Hall–Kier alpha value is -3.50. The Morgan fingerprint density at radius 2 is 1.97 bits per heavy atom. The Balaban J connectivity index is 1.34. The van der Waals surface area contributed by atoms with Crippen LogP contribution in [0.1, 0.15) is 18.9 Å². The van der Waals surface area contributed by atoms with E-state index in [2.05, 4.69) is 5.32 Å². The summed E-state index contributed by atoms with van der Waals surface area (Å²) in [6, 6.07) is 11.1. The highest BCUT2D eigenvalue weighted by Crippen LogP contribution is 2.29. The quantitative estimate of drug-likeness (QED) is 0.526. The molecule has 2 amide bonds. The molecule has 4 N–H and O–H groups in total. The van der Waals surface area contributed by atoms with Crippen LogP contribution in [0.15, 0.2) is 42.5 Å². The lowest BCUT2D eigenvalue weighted by molar-refractivity contribution is -0.120. The van der Waals surface area contributed by atoms with Gasteiger partial charge in [0.25, 0.3) is 0 Å². The Morgan fingerprint density at radius 3 is 2.60 bits per heavy atom. The van der Waals surface area contributed by atoms with Gasteiger partial charge in [0.1, 0.15) is 23.7 Å². The highest BCUT2D eigenvalue weighted by molar-refractivity contribution is 5.92. The monoisotopic (exact) mass is 484 g/mol. The first-order chi connectivity index (χ1) is 16.7. The number of amides is 2. The predicted octanol–water partition coefficient (Wildman–Crippen LogP) is 2.82. The molecule has 2 unspecified atom stereocenters. The summed E-state index contributed by atoms with van der Waals surface area (Å²) in [5, 5.41) is 12.4. The van der Waals surface area contributed by atoms with Crippen molar-refractivity contribution in [2.45, 2.75) is 32.0 Å². The fourth-order valence-electron chi connectivity index (χ4n) is 4.45. The fraction of sp³-hybridized carbons (Fsp3) is 0.400. The zero-order valence-corrected chi connectivity index (χ0v) is 19.4. The van der Waals surface area contributed by atoms with E-state index >= 15 is 0 Å². The van der Waals surface area contributed by atoms with Crippen LogP contribution >= 0.6 is 0 Å². The second-order valence-electron chi connectivity index (χ2n) is 9.04. The van der Waals surface area contributed by atoms with Crippen molar-refractivity contribution in [1.82, 2.24) is 10.2 Å². The minimum absolute atomic E-state index is 0.0786. The molecule has 0 aliphatic carbocycles. The van der Waals surface area contributed by atoms with Crippen LogP contribution in [0.4, 0.5) is 19.7 Å². The molecule has 2 saturated heterocycles. The number of ketones is 1. The number of carboxylic acid groups (broad SMARTS) is 1. The molecule has 35 heavy (non-hydrogen) atoms. The molecule has 0 spiro atoms. The number of benzene rings is 2. The van der Waals surface area contributed by atoms with Crippen molar-refractivity contribution >= 4 is 23.7 Å². The first-order valence-corrected chi connectivity index (χ1v) is 11.5. The van der Waals surface area contributed by atoms with Crippen molar-refractivity contribution in [2.75, 3.05) is 31.1 Å². The van der Waals surface area contributed by atoms with Crippen molar-refractivity contribution in [2.24, 2.45) is 11.7 Å². The number of Topliss-reactive ketones (excluding diaryl/α,β-unsaturated/α-hetero) is 1. The topological polar surface area (TPSA) is 125 Å². The summed E-state index contributed by atoms with van der Waals surface area (Å²) in [7, 11) is 0. The molecule has 10 heteroatoms. The highest BCUT2D eigenvalue weighted by atomic mass is 19.1. The summed E-state index contributed by atoms with van der Waals surface area (Å²) in [6.45, 7) is 3.91. The van der Waals surface area contributed by atoms with Gasteiger partial charge in [-0.2, -0.15) is 0 Å². The molecule has 9 nitrogen and oxygen atoms in total. The largest absolute Gasteiger partial charge is 0.465 e. The maximum atomic E-state index is 14.9. The number of halogens is 1. The molecule has 2 aromatic carbocycles. The number of likely N-dealkylation sites (tertiary alicyclic amines) is 1. The van der Waals surface area contributed by atoms with E-state index < -0.39 is 30.1 Å². The lowest BCUT2D eigenvalue weighted by Crippen LogP contribution is -2.43. The van der Waals surface area contributed by atoms with E-state index in [4.69, 9.17) is 15.6 Å². The summed E-state index contributed by atoms with van der Waals surface area (Å²) in [6.07, 6.45) is -1.45. The Kier molecular flexibility index (Phi) is 7.32. The molecule has 0 bridgehead atoms. The van der Waals surface area contributed by atoms with Gasteiger partial charge in [-0.05, 0) is 48.6 Å². The summed E-state index contributed by atoms with van der Waals surface area (Å²) < 4.78 is 20.1. The van der Waals surface area contributed by atoms with Crippen LogP contribution < -0.4 is 16.0 Å². The number of ether oxygens (including phenoxy) is 1. The second-order valence-corrected chi connectivity index (χ2v) is 9.04. The SMILES string of the molecule is CC(=O)[C@@H](N)C1CN(c2ccc(-c3ccc(CNCC4CCN(C(=O)O)C4)cc3)c(F)c2)C(=O)O1. The average molecular weight is 485 g/mol. The Bertz CT molecular complexity index is 1110. The molecule has 4 rings (SSSR count). The predicted molar refractivity (Wildman–Crippen MR) is 128 cm³/mol. The van der Waals surface area contributed by atoms with Gasteiger partial charge in [0.15, 0.2) is 0 Å². The van der Waals surface area contributed by atoms with Crippen molar-refractivity contribution < 1.29 is 28.6 Å². The number of rotatable bonds is 8. The molecule has 186 valence electrons. The van der Waals surface area contributed by atoms with Crippen LogP contribution in [0.2, 0.25) is 0 Å². The van der Waals surface area contributed by atoms with E-state index in [1.54, 1.807) is 12.1 Å². The van der Waals surface area contributed by atoms with Crippen LogP contribution in [0.3, 0.4) is 0 Å². The number of carbonyl (C=O) groups excluding carboxylic acids is 2. The summed E-state index contributed by atoms with van der Waals surface area (Å²) in [5.74, 6) is -0.461. The molecule has 0 aromatic heterocycles. The smallest absolute Gasteiger partial charge is 0.414 e. The van der Waals surface area contributed by atoms with E-state index in [9.17, 15) is 18.8 Å². The first-order valence-electron chi connectivity index (χ1n) is 11.5. The number of cyclic esters (lactones) is 1. The molecule has 2 aliphatic rings. The first kappa shape index (κ1) is 24.6. The van der Waals surface area contributed by atoms with E-state index in [0.29, 0.717) is 42.4 Å². The number of anilines is 1. The summed E-state index contributed by atoms with van der Waals surface area (Å²) in [5.41, 5.74) is 8.26. The maximum absolute atomic E-state index is 14.9. The molecular weight excluding hydrogens is 455 g/mol. The number of carbonyl (C=O) groups is 3. The van der Waals surface area contributed by atoms with Crippen LogP contribution in [0.25, 0.3) is 11.1 Å². The average Bonchev–Trinajstić information content (AvgIpc) is 3.46. The molecule has 0 saturated carbocycles. The number of hydrogen-bond donors (Lipinski definition) is 3. The van der Waals surface area contributed by atoms with Crippen LogP contribution in [0.5, 0.6) is 0 Å². The van der Waals surface area contributed by atoms with E-state index in [0.717, 1.165) is 18.5 Å². The van der Waals surface area contributed by atoms with E-state index in [-0.39, 0.29) is 12.3 Å². The molecule has 2 heterocycles. The van der Waals surface area contributed by atoms with Gasteiger partial charge < -0.3 is 25.8 Å². The number of nitrogens with one attached hydrogen (secondary N) is 1. The van der Waals surface area contributed by atoms with Gasteiger partial charge in [-0.1, -0.05) is 24.3 Å². The van der Waals surface area contributed by atoms with Crippen molar-refractivity contribution in [3.8, 4) is 11.1 Å². The van der Waals surface area contributed by atoms with Gasteiger partial charge in [-0.3, -0.25) is 9.69 Å². The molecule has 2 aliphatic heterocycles. The van der Waals surface area contributed by atoms with Gasteiger partial charge in [0, 0.05) is 31.7 Å². The van der Waals surface area contributed by atoms with E-state index in [1.165, 1.54) is 22.8 Å². The summed E-state index contributed by atoms with van der Waals surface area (Å²) >= 11 is 0. The molecular formula is C25H29FN4O5. The van der Waals surface area contributed by atoms with Gasteiger partial charge >= 0.3 is 12.2 Å². The number of nitrogens with two attached hydrogens (primary N) is 1. The van der Waals surface area contributed by atoms with Crippen molar-refractivity contribution in [3.63, 3.8) is 0 Å². The van der Waals surface area contributed by atoms with Crippen LogP contribution in [-0.2, 0) is 16.1 Å². The van der Waals surface area contributed by atoms with Gasteiger partial charge in [0.05, 0.1) is 12.2 Å². The maximum Gasteiger partial charge on any atom is 0.414 e. The molecule has 3 atom stereocenters. The van der Waals surface area contributed by atoms with Crippen LogP contribution in [-0.4, -0.2) is 66.3 Å². The Labute approximate surface area is 202 Å². The zero-order chi connectivity index (χ0) is 25.1. The lowest BCUT2D eigenvalue weighted by Gasteiger charge is -2.16.